The number of rotatable bonds is 17. The largest absolute Gasteiger partial charge is 0.508 e. The smallest absolute Gasteiger partial charge is 0.434 e. The van der Waals surface area contributed by atoms with Crippen LogP contribution in [0.1, 0.15) is 90.4 Å². The van der Waals surface area contributed by atoms with E-state index in [-0.39, 0.29) is 0 Å². The highest BCUT2D eigenvalue weighted by atomic mass is 16.7. The number of carbonyl (C=O) groups is 1. The number of carbonyl (C=O) groups excluding carboxylic acids is 1. The van der Waals surface area contributed by atoms with Gasteiger partial charge in [-0.05, 0) is 6.42 Å². The first-order valence-electron chi connectivity index (χ1n) is 10.6. The van der Waals surface area contributed by atoms with Crippen LogP contribution in [0.5, 0.6) is 0 Å². The molecule has 0 fully saturated rings. The summed E-state index contributed by atoms with van der Waals surface area (Å²) in [5.74, 6) is 0. The van der Waals surface area contributed by atoms with Gasteiger partial charge in [0, 0.05) is 6.42 Å². The minimum absolute atomic E-state index is 0.451. The molecule has 0 bridgehead atoms. The molecule has 0 saturated carbocycles. The van der Waals surface area contributed by atoms with Crippen molar-refractivity contribution in [2.24, 2.45) is 0 Å². The quantitative estimate of drug-likeness (QED) is 0.183. The normalized spacial score (nSPS) is 11.5. The Kier molecular flexibility index (Phi) is 16.2. The summed E-state index contributed by atoms with van der Waals surface area (Å²) in [6.07, 6.45) is 16.1. The van der Waals surface area contributed by atoms with Crippen LogP contribution in [-0.2, 0) is 9.47 Å². The van der Waals surface area contributed by atoms with Crippen molar-refractivity contribution in [3.05, 3.63) is 0 Å². The summed E-state index contributed by atoms with van der Waals surface area (Å²) >= 11 is 0. The van der Waals surface area contributed by atoms with Gasteiger partial charge in [0.15, 0.2) is 0 Å². The van der Waals surface area contributed by atoms with Gasteiger partial charge in [0.1, 0.15) is 6.61 Å². The van der Waals surface area contributed by atoms with Crippen molar-refractivity contribution in [1.82, 2.24) is 0 Å². The maximum absolute atomic E-state index is 11.4. The summed E-state index contributed by atoms with van der Waals surface area (Å²) in [5.41, 5.74) is 0. The summed E-state index contributed by atoms with van der Waals surface area (Å²) in [6.45, 7) is 4.20. The molecule has 0 N–H and O–H groups in total. The van der Waals surface area contributed by atoms with Crippen molar-refractivity contribution in [1.29, 1.82) is 0 Å². The molecule has 4 heteroatoms. The average Bonchev–Trinajstić information content (AvgIpc) is 2.55. The van der Waals surface area contributed by atoms with E-state index in [0.717, 1.165) is 30.3 Å². The monoisotopic (exact) mass is 358 g/mol. The molecule has 0 aromatic rings. The predicted octanol–water partition coefficient (Wildman–Crippen LogP) is 5.94. The van der Waals surface area contributed by atoms with E-state index in [0.29, 0.717) is 13.2 Å². The first-order valence-corrected chi connectivity index (χ1v) is 10.6. The van der Waals surface area contributed by atoms with Crippen molar-refractivity contribution in [2.45, 2.75) is 90.4 Å². The van der Waals surface area contributed by atoms with Crippen LogP contribution in [-0.4, -0.2) is 51.5 Å². The first kappa shape index (κ1) is 24.2. The molecule has 0 saturated heterocycles. The Morgan fingerprint density at radius 1 is 0.640 bits per heavy atom. The molecule has 0 rings (SSSR count). The third-order valence-corrected chi connectivity index (χ3v) is 4.41. The molecular weight excluding hydrogens is 314 g/mol. The lowest BCUT2D eigenvalue weighted by molar-refractivity contribution is -0.870. The molecule has 0 aliphatic rings. The Morgan fingerprint density at radius 2 is 1.04 bits per heavy atom. The lowest BCUT2D eigenvalue weighted by Crippen LogP contribution is -2.35. The zero-order valence-electron chi connectivity index (χ0n) is 17.5. The molecule has 0 aromatic carbocycles. The molecule has 0 aliphatic carbocycles. The van der Waals surface area contributed by atoms with Crippen LogP contribution in [0.2, 0.25) is 0 Å². The standard InChI is InChI=1S/C21H44NO3/c1-5-6-7-8-9-10-11-12-13-14-15-16-19-24-21(23)25-20-17-18-22(2,3)4/h5-20H2,1-4H3/q+1. The van der Waals surface area contributed by atoms with Gasteiger partial charge in [0.25, 0.3) is 0 Å². The molecule has 0 radical (unpaired) electrons. The number of hydrogen-bond donors (Lipinski definition) is 0. The summed E-state index contributed by atoms with van der Waals surface area (Å²) < 4.78 is 11.1. The molecule has 0 aliphatic heterocycles. The van der Waals surface area contributed by atoms with Gasteiger partial charge in [-0.2, -0.15) is 0 Å². The fourth-order valence-electron chi connectivity index (χ4n) is 2.83. The molecule has 150 valence electrons. The van der Waals surface area contributed by atoms with E-state index >= 15 is 0 Å². The molecule has 0 spiro atoms. The maximum Gasteiger partial charge on any atom is 0.508 e. The number of hydrogen-bond acceptors (Lipinski definition) is 3. The van der Waals surface area contributed by atoms with Crippen LogP contribution in [0.3, 0.4) is 0 Å². The average molecular weight is 359 g/mol. The highest BCUT2D eigenvalue weighted by molar-refractivity contribution is 5.59. The third-order valence-electron chi connectivity index (χ3n) is 4.41. The van der Waals surface area contributed by atoms with Crippen LogP contribution < -0.4 is 0 Å². The molecular formula is C21H44NO3+. The zero-order valence-corrected chi connectivity index (χ0v) is 17.5. The molecule has 0 amide bonds. The number of nitrogens with zero attached hydrogens (tertiary/aromatic N) is 1. The van der Waals surface area contributed by atoms with Crippen LogP contribution in [0.15, 0.2) is 0 Å². The fraction of sp³-hybridized carbons (Fsp3) is 0.952. The molecule has 4 nitrogen and oxygen atoms in total. The van der Waals surface area contributed by atoms with E-state index in [4.69, 9.17) is 9.47 Å². The topological polar surface area (TPSA) is 35.5 Å². The minimum Gasteiger partial charge on any atom is -0.434 e. The summed E-state index contributed by atoms with van der Waals surface area (Å²) in [4.78, 5) is 11.4. The summed E-state index contributed by atoms with van der Waals surface area (Å²) in [7, 11) is 6.39. The van der Waals surface area contributed by atoms with Crippen molar-refractivity contribution < 1.29 is 18.8 Å². The zero-order chi connectivity index (χ0) is 18.8. The highest BCUT2D eigenvalue weighted by Crippen LogP contribution is 2.12. The molecule has 25 heavy (non-hydrogen) atoms. The van der Waals surface area contributed by atoms with Gasteiger partial charge in [0.05, 0.1) is 34.3 Å². The van der Waals surface area contributed by atoms with E-state index in [1.54, 1.807) is 0 Å². The maximum atomic E-state index is 11.4. The van der Waals surface area contributed by atoms with E-state index < -0.39 is 6.16 Å². The molecule has 0 heterocycles. The van der Waals surface area contributed by atoms with E-state index in [2.05, 4.69) is 28.1 Å². The van der Waals surface area contributed by atoms with Crippen LogP contribution in [0.25, 0.3) is 0 Å². The van der Waals surface area contributed by atoms with Crippen LogP contribution >= 0.6 is 0 Å². The van der Waals surface area contributed by atoms with Crippen molar-refractivity contribution in [3.8, 4) is 0 Å². The SMILES string of the molecule is CCCCCCCCCCCCCCOC(=O)OCCC[N+](C)(C)C. The van der Waals surface area contributed by atoms with Crippen molar-refractivity contribution in [2.75, 3.05) is 40.9 Å². The lowest BCUT2D eigenvalue weighted by Gasteiger charge is -2.23. The minimum atomic E-state index is -0.510. The van der Waals surface area contributed by atoms with Gasteiger partial charge in [-0.3, -0.25) is 0 Å². The Labute approximate surface area is 156 Å². The fourth-order valence-corrected chi connectivity index (χ4v) is 2.83. The van der Waals surface area contributed by atoms with Gasteiger partial charge in [-0.1, -0.05) is 77.6 Å². The van der Waals surface area contributed by atoms with Crippen molar-refractivity contribution >= 4 is 6.16 Å². The molecule has 0 unspecified atom stereocenters. The summed E-state index contributed by atoms with van der Waals surface area (Å²) in [5, 5.41) is 0. The lowest BCUT2D eigenvalue weighted by atomic mass is 10.1. The van der Waals surface area contributed by atoms with E-state index in [1.165, 1.54) is 64.2 Å². The highest BCUT2D eigenvalue weighted by Gasteiger charge is 2.08. The molecule has 0 atom stereocenters. The van der Waals surface area contributed by atoms with Crippen molar-refractivity contribution in [3.63, 3.8) is 0 Å². The molecule has 0 aromatic heterocycles. The number of quaternary nitrogens is 1. The first-order chi connectivity index (χ1) is 12.0. The summed E-state index contributed by atoms with van der Waals surface area (Å²) in [6, 6.07) is 0. The van der Waals surface area contributed by atoms with Gasteiger partial charge in [0.2, 0.25) is 0 Å². The third kappa shape index (κ3) is 21.2. The van der Waals surface area contributed by atoms with Gasteiger partial charge < -0.3 is 14.0 Å². The van der Waals surface area contributed by atoms with Gasteiger partial charge in [-0.15, -0.1) is 0 Å². The van der Waals surface area contributed by atoms with E-state index in [1.807, 2.05) is 0 Å². The van der Waals surface area contributed by atoms with Gasteiger partial charge in [-0.25, -0.2) is 4.79 Å². The second kappa shape index (κ2) is 16.7. The second-order valence-electron chi connectivity index (χ2n) is 8.20. The Balaban J connectivity index is 3.18. The van der Waals surface area contributed by atoms with Gasteiger partial charge >= 0.3 is 6.16 Å². The van der Waals surface area contributed by atoms with E-state index in [9.17, 15) is 4.79 Å². The Morgan fingerprint density at radius 3 is 1.48 bits per heavy atom. The Hall–Kier alpha value is -0.770. The second-order valence-corrected chi connectivity index (χ2v) is 8.20. The number of ether oxygens (including phenoxy) is 2. The van der Waals surface area contributed by atoms with Crippen LogP contribution in [0.4, 0.5) is 4.79 Å². The van der Waals surface area contributed by atoms with Crippen LogP contribution in [0, 0.1) is 0 Å². The number of unbranched alkanes of at least 4 members (excludes halogenated alkanes) is 11. The Bertz CT molecular complexity index is 300. The predicted molar refractivity (Wildman–Crippen MR) is 106 cm³/mol.